The summed E-state index contributed by atoms with van der Waals surface area (Å²) < 4.78 is 0. The van der Waals surface area contributed by atoms with Crippen molar-refractivity contribution in [1.29, 1.82) is 0 Å². The lowest BCUT2D eigenvalue weighted by Crippen LogP contribution is -1.98. The SMILES string of the molecule is OCCc1ccc(-c2cc3c(c(-c4ccc(Sc5ccc(-c6c7c(cc(-c8ccc(CCO)cc8)c6-c6ccc(CCO)cc6)-c6ccccc6C7)cc5)cc4)c2-c2ccc(CCO)cc2)Cc2ccccc2-3)cc1. The van der Waals surface area contributed by atoms with Gasteiger partial charge in [0, 0.05) is 36.2 Å². The van der Waals surface area contributed by atoms with Gasteiger partial charge in [-0.2, -0.15) is 0 Å². The maximum Gasteiger partial charge on any atom is 0.0471 e. The lowest BCUT2D eigenvalue weighted by Gasteiger charge is -2.22. The van der Waals surface area contributed by atoms with E-state index in [1.54, 1.807) is 11.8 Å². The molecule has 0 saturated carbocycles. The summed E-state index contributed by atoms with van der Waals surface area (Å²) in [4.78, 5) is 2.31. The van der Waals surface area contributed by atoms with Crippen molar-refractivity contribution in [3.05, 3.63) is 251 Å². The van der Waals surface area contributed by atoms with Crippen molar-refractivity contribution < 1.29 is 20.4 Å². The van der Waals surface area contributed by atoms with Crippen LogP contribution in [0.3, 0.4) is 0 Å². The molecule has 0 fully saturated rings. The molecule has 0 heterocycles. The molecule has 5 heteroatoms. The first-order chi connectivity index (χ1) is 37.0. The van der Waals surface area contributed by atoms with Crippen LogP contribution >= 0.6 is 11.8 Å². The summed E-state index contributed by atoms with van der Waals surface area (Å²) in [7, 11) is 0. The summed E-state index contributed by atoms with van der Waals surface area (Å²) >= 11 is 1.77. The molecule has 0 spiro atoms. The molecule has 368 valence electrons. The smallest absolute Gasteiger partial charge is 0.0471 e. The van der Waals surface area contributed by atoms with Crippen molar-refractivity contribution in [2.24, 2.45) is 0 Å². The minimum atomic E-state index is 0.110. The van der Waals surface area contributed by atoms with Crippen LogP contribution in [0.4, 0.5) is 0 Å². The monoisotopic (exact) mass is 994 g/mol. The molecule has 0 saturated heterocycles. The first-order valence-electron chi connectivity index (χ1n) is 26.2. The Bertz CT molecular complexity index is 3430. The van der Waals surface area contributed by atoms with Crippen LogP contribution in [0, 0.1) is 0 Å². The molecule has 0 unspecified atom stereocenters. The summed E-state index contributed by atoms with van der Waals surface area (Å²) in [6.45, 7) is 0.449. The van der Waals surface area contributed by atoms with Crippen LogP contribution in [0.25, 0.3) is 89.0 Å². The second kappa shape index (κ2) is 21.3. The highest BCUT2D eigenvalue weighted by atomic mass is 32.2. The number of fused-ring (bicyclic) bond motifs is 6. The molecule has 10 aromatic rings. The number of hydrogen-bond donors (Lipinski definition) is 4. The Morgan fingerprint density at radius 3 is 0.907 bits per heavy atom. The van der Waals surface area contributed by atoms with E-state index in [4.69, 9.17) is 0 Å². The predicted octanol–water partition coefficient (Wildman–Crippen LogP) is 15.1. The van der Waals surface area contributed by atoms with E-state index < -0.39 is 0 Å². The highest BCUT2D eigenvalue weighted by Gasteiger charge is 2.30. The summed E-state index contributed by atoms with van der Waals surface area (Å²) in [5.74, 6) is 0. The molecule has 0 atom stereocenters. The number of aliphatic hydroxyl groups is 4. The molecular formula is C70H58O4S. The minimum Gasteiger partial charge on any atom is -0.396 e. The fourth-order valence-electron chi connectivity index (χ4n) is 11.7. The highest BCUT2D eigenvalue weighted by Crippen LogP contribution is 2.53. The van der Waals surface area contributed by atoms with Gasteiger partial charge in [-0.3, -0.25) is 0 Å². The Kier molecular flexibility index (Phi) is 13.7. The molecule has 0 bridgehead atoms. The van der Waals surface area contributed by atoms with Gasteiger partial charge in [-0.1, -0.05) is 182 Å². The van der Waals surface area contributed by atoms with Crippen LogP contribution in [0.1, 0.15) is 44.5 Å². The lowest BCUT2D eigenvalue weighted by atomic mass is 9.82. The standard InChI is InChI=1S/C70H58O4S/c71-37-33-45-9-17-49(18-10-45)61-43-63-59-7-3-1-5-55(59)41-65(63)69(67(61)51-21-13-47(14-22-51)35-39-73)53-25-29-57(30-26-53)75-58-31-27-54(28-32-58)70-66-42-56-6-2-4-8-60(56)64(66)44-62(50-19-11-46(12-20-50)34-38-72)68(70)52-23-15-48(16-24-52)36-40-74/h1-32,43-44,71-74H,33-42H2. The maximum atomic E-state index is 9.78. The zero-order valence-corrected chi connectivity index (χ0v) is 42.7. The van der Waals surface area contributed by atoms with E-state index in [2.05, 4.69) is 206 Å². The summed E-state index contributed by atoms with van der Waals surface area (Å²) in [6.07, 6.45) is 4.16. The molecule has 4 N–H and O–H groups in total. The van der Waals surface area contributed by atoms with Crippen molar-refractivity contribution in [3.63, 3.8) is 0 Å². The van der Waals surface area contributed by atoms with Crippen molar-refractivity contribution in [2.45, 2.75) is 48.3 Å². The number of rotatable bonds is 16. The van der Waals surface area contributed by atoms with Crippen LogP contribution < -0.4 is 0 Å². The van der Waals surface area contributed by atoms with E-state index >= 15 is 0 Å². The van der Waals surface area contributed by atoms with E-state index in [9.17, 15) is 20.4 Å². The van der Waals surface area contributed by atoms with E-state index in [0.29, 0.717) is 25.7 Å². The second-order valence-electron chi connectivity index (χ2n) is 19.9. The van der Waals surface area contributed by atoms with Crippen LogP contribution in [-0.4, -0.2) is 46.9 Å². The van der Waals surface area contributed by atoms with Crippen LogP contribution in [0.2, 0.25) is 0 Å². The predicted molar refractivity (Wildman–Crippen MR) is 309 cm³/mol. The van der Waals surface area contributed by atoms with Crippen molar-refractivity contribution in [1.82, 2.24) is 0 Å². The molecule has 4 nitrogen and oxygen atoms in total. The Labute approximate surface area is 444 Å². The third-order valence-electron chi connectivity index (χ3n) is 15.4. The van der Waals surface area contributed by atoms with Crippen molar-refractivity contribution >= 4 is 11.8 Å². The number of benzene rings is 10. The minimum absolute atomic E-state index is 0.110. The van der Waals surface area contributed by atoms with Gasteiger partial charge in [0.05, 0.1) is 0 Å². The molecule has 2 aliphatic rings. The average molecular weight is 995 g/mol. The van der Waals surface area contributed by atoms with Crippen molar-refractivity contribution in [2.75, 3.05) is 26.4 Å². The summed E-state index contributed by atoms with van der Waals surface area (Å²) in [6, 6.07) is 75.5. The van der Waals surface area contributed by atoms with Gasteiger partial charge in [0.1, 0.15) is 0 Å². The van der Waals surface area contributed by atoms with Gasteiger partial charge in [0.25, 0.3) is 0 Å². The van der Waals surface area contributed by atoms with E-state index in [1.807, 2.05) is 0 Å². The molecule has 0 aromatic heterocycles. The molecule has 0 amide bonds. The topological polar surface area (TPSA) is 80.9 Å². The van der Waals surface area contributed by atoms with Gasteiger partial charge in [-0.15, -0.1) is 0 Å². The Morgan fingerprint density at radius 2 is 0.573 bits per heavy atom. The fraction of sp³-hybridized carbons (Fsp3) is 0.143. The van der Waals surface area contributed by atoms with Gasteiger partial charge in [0.15, 0.2) is 0 Å². The second-order valence-corrected chi connectivity index (χ2v) is 21.0. The molecule has 75 heavy (non-hydrogen) atoms. The Balaban J connectivity index is 0.941. The summed E-state index contributed by atoms with van der Waals surface area (Å²) in [5, 5.41) is 39.0. The molecule has 12 rings (SSSR count). The van der Waals surface area contributed by atoms with Gasteiger partial charge in [-0.25, -0.2) is 0 Å². The third kappa shape index (κ3) is 9.48. The van der Waals surface area contributed by atoms with E-state index in [0.717, 1.165) is 67.1 Å². The zero-order chi connectivity index (χ0) is 50.8. The molecular weight excluding hydrogens is 937 g/mol. The van der Waals surface area contributed by atoms with Crippen molar-refractivity contribution in [3.8, 4) is 89.0 Å². The average Bonchev–Trinajstić information content (AvgIpc) is 4.06. The largest absolute Gasteiger partial charge is 0.396 e. The first-order valence-corrected chi connectivity index (χ1v) is 27.1. The fourth-order valence-corrected chi connectivity index (χ4v) is 12.5. The number of aliphatic hydroxyl groups excluding tert-OH is 4. The van der Waals surface area contributed by atoms with Crippen LogP contribution in [0.15, 0.2) is 216 Å². The summed E-state index contributed by atoms with van der Waals surface area (Å²) in [5.41, 5.74) is 29.0. The number of hydrogen-bond acceptors (Lipinski definition) is 5. The maximum absolute atomic E-state index is 9.78. The quantitative estimate of drug-likeness (QED) is 0.0776. The first kappa shape index (κ1) is 48.3. The highest BCUT2D eigenvalue weighted by molar-refractivity contribution is 7.99. The molecule has 10 aromatic carbocycles. The molecule has 0 aliphatic heterocycles. The van der Waals surface area contributed by atoms with Gasteiger partial charge < -0.3 is 20.4 Å². The Morgan fingerprint density at radius 1 is 0.280 bits per heavy atom. The van der Waals surface area contributed by atoms with Crippen LogP contribution in [-0.2, 0) is 38.5 Å². The van der Waals surface area contributed by atoms with E-state index in [-0.39, 0.29) is 26.4 Å². The molecule has 0 radical (unpaired) electrons. The third-order valence-corrected chi connectivity index (χ3v) is 16.4. The van der Waals surface area contributed by atoms with Gasteiger partial charge in [-0.05, 0) is 208 Å². The van der Waals surface area contributed by atoms with Crippen LogP contribution in [0.5, 0.6) is 0 Å². The lowest BCUT2D eigenvalue weighted by molar-refractivity contribution is 0.299. The zero-order valence-electron chi connectivity index (χ0n) is 41.9. The molecule has 2 aliphatic carbocycles. The normalized spacial score (nSPS) is 12.1. The van der Waals surface area contributed by atoms with Gasteiger partial charge in [0.2, 0.25) is 0 Å². The van der Waals surface area contributed by atoms with Gasteiger partial charge >= 0.3 is 0 Å². The Hall–Kier alpha value is -7.61. The van der Waals surface area contributed by atoms with E-state index in [1.165, 1.54) is 89.0 Å².